The van der Waals surface area contributed by atoms with Gasteiger partial charge in [-0.15, -0.1) is 0 Å². The summed E-state index contributed by atoms with van der Waals surface area (Å²) in [4.78, 5) is 11.8. The Kier molecular flexibility index (Phi) is 4.60. The number of anilines is 1. The van der Waals surface area contributed by atoms with Gasteiger partial charge in [-0.2, -0.15) is 0 Å². The van der Waals surface area contributed by atoms with E-state index in [-0.39, 0.29) is 0 Å². The van der Waals surface area contributed by atoms with Gasteiger partial charge in [0.1, 0.15) is 5.82 Å². The van der Waals surface area contributed by atoms with Crippen molar-refractivity contribution in [3.63, 3.8) is 0 Å². The molecule has 5 heteroatoms. The maximum Gasteiger partial charge on any atom is 0.161 e. The number of halogens is 1. The van der Waals surface area contributed by atoms with Gasteiger partial charge in [0.15, 0.2) is 5.82 Å². The van der Waals surface area contributed by atoms with Gasteiger partial charge in [-0.1, -0.05) is 25.4 Å². The van der Waals surface area contributed by atoms with Gasteiger partial charge >= 0.3 is 0 Å². The van der Waals surface area contributed by atoms with Crippen LogP contribution in [0.15, 0.2) is 30.3 Å². The van der Waals surface area contributed by atoms with Crippen molar-refractivity contribution in [3.05, 3.63) is 41.0 Å². The molecule has 1 aromatic carbocycles. The molecule has 22 heavy (non-hydrogen) atoms. The second kappa shape index (κ2) is 6.63. The lowest BCUT2D eigenvalue weighted by molar-refractivity contribution is 0.584. The monoisotopic (exact) mass is 316 g/mol. The van der Waals surface area contributed by atoms with Crippen molar-refractivity contribution < 1.29 is 0 Å². The summed E-state index contributed by atoms with van der Waals surface area (Å²) in [6.07, 6.45) is 0. The molecular weight excluding hydrogens is 296 g/mol. The minimum atomic E-state index is 0.371. The highest BCUT2D eigenvalue weighted by Gasteiger charge is 2.16. The number of hydrogen-bond donors (Lipinski definition) is 1. The molecule has 0 atom stereocenters. The predicted octanol–water partition coefficient (Wildman–Crippen LogP) is 3.33. The summed E-state index contributed by atoms with van der Waals surface area (Å²) in [5.74, 6) is 2.16. The second-order valence-electron chi connectivity index (χ2n) is 5.87. The van der Waals surface area contributed by atoms with E-state index in [4.69, 9.17) is 21.6 Å². The first-order chi connectivity index (χ1) is 10.6. The highest BCUT2D eigenvalue weighted by molar-refractivity contribution is 6.30. The number of hydrogen-bond acceptors (Lipinski definition) is 4. The Bertz CT molecular complexity index is 634. The Morgan fingerprint density at radius 2 is 1.77 bits per heavy atom. The first kappa shape index (κ1) is 15.3. The first-order valence-electron chi connectivity index (χ1n) is 7.74. The minimum absolute atomic E-state index is 0.371. The molecule has 1 aromatic heterocycles. The van der Waals surface area contributed by atoms with Gasteiger partial charge in [0.05, 0.1) is 0 Å². The van der Waals surface area contributed by atoms with Crippen LogP contribution in [0.2, 0.25) is 5.02 Å². The summed E-state index contributed by atoms with van der Waals surface area (Å²) in [5.41, 5.74) is 2.08. The van der Waals surface area contributed by atoms with Gasteiger partial charge in [-0.25, -0.2) is 9.97 Å². The summed E-state index contributed by atoms with van der Waals surface area (Å²) in [5, 5.41) is 4.10. The SMILES string of the molecule is CC(C)c1cc(N2CCNCC2)nc(-c2ccc(Cl)cc2)n1. The van der Waals surface area contributed by atoms with E-state index < -0.39 is 0 Å². The number of piperazine rings is 1. The Morgan fingerprint density at radius 1 is 1.09 bits per heavy atom. The van der Waals surface area contributed by atoms with Gasteiger partial charge in [0, 0.05) is 48.5 Å². The van der Waals surface area contributed by atoms with Crippen LogP contribution in [-0.2, 0) is 0 Å². The van der Waals surface area contributed by atoms with Gasteiger partial charge in [-0.05, 0) is 30.2 Å². The third-order valence-corrected chi connectivity index (χ3v) is 4.12. The molecule has 1 fully saturated rings. The predicted molar refractivity (Wildman–Crippen MR) is 91.6 cm³/mol. The Hall–Kier alpha value is -1.65. The van der Waals surface area contributed by atoms with Crippen molar-refractivity contribution in [3.8, 4) is 11.4 Å². The van der Waals surface area contributed by atoms with Gasteiger partial charge in [0.2, 0.25) is 0 Å². The van der Waals surface area contributed by atoms with E-state index in [1.807, 2.05) is 24.3 Å². The standard InChI is InChI=1S/C17H21ClN4/c1-12(2)15-11-16(22-9-7-19-8-10-22)21-17(20-15)13-3-5-14(18)6-4-13/h3-6,11-12,19H,7-10H2,1-2H3. The van der Waals surface area contributed by atoms with E-state index in [0.717, 1.165) is 54.1 Å². The molecule has 1 aliphatic rings. The van der Waals surface area contributed by atoms with Crippen LogP contribution in [0.3, 0.4) is 0 Å². The largest absolute Gasteiger partial charge is 0.354 e. The lowest BCUT2D eigenvalue weighted by atomic mass is 10.1. The van der Waals surface area contributed by atoms with Crippen LogP contribution < -0.4 is 10.2 Å². The molecule has 0 spiro atoms. The first-order valence-corrected chi connectivity index (χ1v) is 8.12. The summed E-state index contributed by atoms with van der Waals surface area (Å²) in [7, 11) is 0. The fraction of sp³-hybridized carbons (Fsp3) is 0.412. The summed E-state index contributed by atoms with van der Waals surface area (Å²) in [6, 6.07) is 9.83. The molecule has 0 aliphatic carbocycles. The van der Waals surface area contributed by atoms with Gasteiger partial charge in [0.25, 0.3) is 0 Å². The van der Waals surface area contributed by atoms with Crippen molar-refractivity contribution in [1.29, 1.82) is 0 Å². The van der Waals surface area contributed by atoms with Crippen LogP contribution in [0.1, 0.15) is 25.5 Å². The van der Waals surface area contributed by atoms with E-state index >= 15 is 0 Å². The molecular formula is C17H21ClN4. The topological polar surface area (TPSA) is 41.0 Å². The Morgan fingerprint density at radius 3 is 2.41 bits per heavy atom. The fourth-order valence-corrected chi connectivity index (χ4v) is 2.66. The molecule has 1 N–H and O–H groups in total. The molecule has 1 saturated heterocycles. The average Bonchev–Trinajstić information content (AvgIpc) is 2.56. The van der Waals surface area contributed by atoms with Crippen LogP contribution in [-0.4, -0.2) is 36.1 Å². The molecule has 0 amide bonds. The maximum absolute atomic E-state index is 5.98. The second-order valence-corrected chi connectivity index (χ2v) is 6.31. The zero-order valence-electron chi connectivity index (χ0n) is 13.0. The molecule has 4 nitrogen and oxygen atoms in total. The number of aromatic nitrogens is 2. The quantitative estimate of drug-likeness (QED) is 0.943. The zero-order valence-corrected chi connectivity index (χ0v) is 13.8. The minimum Gasteiger partial charge on any atom is -0.354 e. The van der Waals surface area contributed by atoms with Crippen molar-refractivity contribution in [1.82, 2.24) is 15.3 Å². The highest BCUT2D eigenvalue weighted by atomic mass is 35.5. The number of benzene rings is 1. The van der Waals surface area contributed by atoms with Crippen LogP contribution in [0.4, 0.5) is 5.82 Å². The van der Waals surface area contributed by atoms with Gasteiger partial charge < -0.3 is 10.2 Å². The van der Waals surface area contributed by atoms with Gasteiger partial charge in [-0.3, -0.25) is 0 Å². The number of rotatable bonds is 3. The molecule has 0 unspecified atom stereocenters. The Labute approximate surface area is 136 Å². The highest BCUT2D eigenvalue weighted by Crippen LogP contribution is 2.25. The van der Waals surface area contributed by atoms with Crippen molar-refractivity contribution in [2.75, 3.05) is 31.1 Å². The fourth-order valence-electron chi connectivity index (χ4n) is 2.53. The molecule has 0 saturated carbocycles. The van der Waals surface area contributed by atoms with Crippen molar-refractivity contribution in [2.45, 2.75) is 19.8 Å². The van der Waals surface area contributed by atoms with Crippen LogP contribution >= 0.6 is 11.6 Å². The van der Waals surface area contributed by atoms with Crippen molar-refractivity contribution >= 4 is 17.4 Å². The van der Waals surface area contributed by atoms with E-state index in [0.29, 0.717) is 5.92 Å². The molecule has 3 rings (SSSR count). The average molecular weight is 317 g/mol. The Balaban J connectivity index is 2.01. The van der Waals surface area contributed by atoms with Crippen molar-refractivity contribution in [2.24, 2.45) is 0 Å². The normalized spacial score (nSPS) is 15.4. The van der Waals surface area contributed by atoms with Crippen LogP contribution in [0, 0.1) is 0 Å². The molecule has 116 valence electrons. The number of nitrogens with one attached hydrogen (secondary N) is 1. The maximum atomic E-state index is 5.98. The van der Waals surface area contributed by atoms with E-state index in [1.165, 1.54) is 0 Å². The zero-order chi connectivity index (χ0) is 15.5. The molecule has 1 aliphatic heterocycles. The van der Waals surface area contributed by atoms with Crippen LogP contribution in [0.5, 0.6) is 0 Å². The molecule has 2 heterocycles. The molecule has 2 aromatic rings. The lowest BCUT2D eigenvalue weighted by Gasteiger charge is -2.29. The van der Waals surface area contributed by atoms with Crippen LogP contribution in [0.25, 0.3) is 11.4 Å². The molecule has 0 radical (unpaired) electrons. The summed E-state index contributed by atoms with van der Waals surface area (Å²) >= 11 is 5.98. The number of nitrogens with zero attached hydrogens (tertiary/aromatic N) is 3. The summed E-state index contributed by atoms with van der Waals surface area (Å²) in [6.45, 7) is 8.28. The lowest BCUT2D eigenvalue weighted by Crippen LogP contribution is -2.44. The van der Waals surface area contributed by atoms with E-state index in [1.54, 1.807) is 0 Å². The third-order valence-electron chi connectivity index (χ3n) is 3.87. The third kappa shape index (κ3) is 3.39. The smallest absolute Gasteiger partial charge is 0.161 e. The molecule has 0 bridgehead atoms. The van der Waals surface area contributed by atoms with E-state index in [2.05, 4.69) is 30.1 Å². The van der Waals surface area contributed by atoms with E-state index in [9.17, 15) is 0 Å². The summed E-state index contributed by atoms with van der Waals surface area (Å²) < 4.78 is 0.